The molecule has 1 aromatic rings. The van der Waals surface area contributed by atoms with E-state index in [0.717, 1.165) is 24.5 Å². The highest BCUT2D eigenvalue weighted by Gasteiger charge is 2.23. The Morgan fingerprint density at radius 1 is 1.19 bits per heavy atom. The number of methoxy groups -OCH3 is 1. The SMILES string of the molecule is COc1cc2c(cc1F)NCC(C)(C)CN2. The number of nitrogens with one attached hydrogen (secondary N) is 2. The first-order chi connectivity index (χ1) is 7.52. The van der Waals surface area contributed by atoms with E-state index in [1.807, 2.05) is 0 Å². The normalized spacial score (nSPS) is 17.8. The highest BCUT2D eigenvalue weighted by Crippen LogP contribution is 2.33. The molecular weight excluding hydrogens is 207 g/mol. The van der Waals surface area contributed by atoms with Gasteiger partial charge in [-0.15, -0.1) is 0 Å². The number of rotatable bonds is 1. The molecule has 3 nitrogen and oxygen atoms in total. The maximum absolute atomic E-state index is 13.5. The molecule has 1 heterocycles. The average molecular weight is 224 g/mol. The molecule has 0 amide bonds. The third kappa shape index (κ3) is 2.05. The zero-order valence-electron chi connectivity index (χ0n) is 9.86. The van der Waals surface area contributed by atoms with Crippen LogP contribution in [0.3, 0.4) is 0 Å². The third-order valence-corrected chi connectivity index (χ3v) is 2.81. The zero-order valence-corrected chi connectivity index (χ0v) is 9.86. The third-order valence-electron chi connectivity index (χ3n) is 2.81. The van der Waals surface area contributed by atoms with Crippen molar-refractivity contribution < 1.29 is 9.13 Å². The molecule has 16 heavy (non-hydrogen) atoms. The Labute approximate surface area is 95.0 Å². The number of anilines is 2. The maximum Gasteiger partial charge on any atom is 0.167 e. The molecule has 1 aliphatic heterocycles. The molecule has 0 saturated carbocycles. The van der Waals surface area contributed by atoms with E-state index in [0.29, 0.717) is 0 Å². The Morgan fingerprint density at radius 2 is 1.75 bits per heavy atom. The van der Waals surface area contributed by atoms with Crippen LogP contribution in [0.5, 0.6) is 5.75 Å². The van der Waals surface area contributed by atoms with Crippen LogP contribution < -0.4 is 15.4 Å². The summed E-state index contributed by atoms with van der Waals surface area (Å²) in [5, 5.41) is 6.56. The van der Waals surface area contributed by atoms with Crippen molar-refractivity contribution in [3.05, 3.63) is 17.9 Å². The van der Waals surface area contributed by atoms with Gasteiger partial charge in [0.25, 0.3) is 0 Å². The summed E-state index contributed by atoms with van der Waals surface area (Å²) in [6.45, 7) is 5.99. The van der Waals surface area contributed by atoms with Crippen molar-refractivity contribution in [1.29, 1.82) is 0 Å². The van der Waals surface area contributed by atoms with Crippen molar-refractivity contribution in [2.24, 2.45) is 5.41 Å². The lowest BCUT2D eigenvalue weighted by Gasteiger charge is -2.21. The van der Waals surface area contributed by atoms with Crippen molar-refractivity contribution in [2.75, 3.05) is 30.8 Å². The van der Waals surface area contributed by atoms with Crippen LogP contribution in [0.2, 0.25) is 0 Å². The van der Waals surface area contributed by atoms with E-state index in [1.165, 1.54) is 13.2 Å². The van der Waals surface area contributed by atoms with Crippen LogP contribution in [0, 0.1) is 11.2 Å². The summed E-state index contributed by atoms with van der Waals surface area (Å²) in [4.78, 5) is 0. The minimum atomic E-state index is -0.338. The minimum Gasteiger partial charge on any atom is -0.494 e. The Morgan fingerprint density at radius 3 is 2.31 bits per heavy atom. The van der Waals surface area contributed by atoms with Gasteiger partial charge in [0.1, 0.15) is 0 Å². The molecule has 0 bridgehead atoms. The molecule has 0 fully saturated rings. The van der Waals surface area contributed by atoms with Gasteiger partial charge in [-0.05, 0) is 5.41 Å². The predicted octanol–water partition coefficient (Wildman–Crippen LogP) is 2.70. The first kappa shape index (κ1) is 11.0. The van der Waals surface area contributed by atoms with E-state index in [-0.39, 0.29) is 17.0 Å². The number of benzene rings is 1. The smallest absolute Gasteiger partial charge is 0.167 e. The van der Waals surface area contributed by atoms with E-state index >= 15 is 0 Å². The molecule has 0 aromatic heterocycles. The predicted molar refractivity (Wildman–Crippen MR) is 63.7 cm³/mol. The van der Waals surface area contributed by atoms with Gasteiger partial charge in [0.15, 0.2) is 11.6 Å². The summed E-state index contributed by atoms with van der Waals surface area (Å²) in [6, 6.07) is 3.17. The fraction of sp³-hybridized carbons (Fsp3) is 0.500. The molecule has 0 unspecified atom stereocenters. The van der Waals surface area contributed by atoms with Crippen LogP contribution in [-0.2, 0) is 0 Å². The molecular formula is C12H17FN2O. The molecule has 2 N–H and O–H groups in total. The lowest BCUT2D eigenvalue weighted by molar-refractivity contribution is 0.387. The van der Waals surface area contributed by atoms with Crippen LogP contribution in [0.25, 0.3) is 0 Å². The monoisotopic (exact) mass is 224 g/mol. The number of fused-ring (bicyclic) bond motifs is 1. The number of hydrogen-bond acceptors (Lipinski definition) is 3. The molecule has 1 aliphatic rings. The lowest BCUT2D eigenvalue weighted by Crippen LogP contribution is -2.27. The standard InChI is InChI=1S/C12H17FN2O/c1-12(2)6-14-9-4-8(13)11(16-3)5-10(9)15-7-12/h4-5,14-15H,6-7H2,1-3H3. The summed E-state index contributed by atoms with van der Waals surface area (Å²) >= 11 is 0. The van der Waals surface area contributed by atoms with Crippen molar-refractivity contribution >= 4 is 11.4 Å². The van der Waals surface area contributed by atoms with Gasteiger partial charge in [0, 0.05) is 25.2 Å². The Hall–Kier alpha value is -1.45. The van der Waals surface area contributed by atoms with Crippen LogP contribution in [0.15, 0.2) is 12.1 Å². The summed E-state index contributed by atoms with van der Waals surface area (Å²) in [5.41, 5.74) is 1.83. The first-order valence-corrected chi connectivity index (χ1v) is 5.37. The van der Waals surface area contributed by atoms with E-state index in [9.17, 15) is 4.39 Å². The van der Waals surface area contributed by atoms with Crippen LogP contribution >= 0.6 is 0 Å². The average Bonchev–Trinajstić information content (AvgIpc) is 2.38. The zero-order chi connectivity index (χ0) is 11.8. The Kier molecular flexibility index (Phi) is 2.66. The van der Waals surface area contributed by atoms with Gasteiger partial charge >= 0.3 is 0 Å². The molecule has 0 saturated heterocycles. The molecule has 0 spiro atoms. The van der Waals surface area contributed by atoms with Crippen molar-refractivity contribution in [1.82, 2.24) is 0 Å². The number of halogens is 1. The molecule has 4 heteroatoms. The molecule has 88 valence electrons. The number of hydrogen-bond donors (Lipinski definition) is 2. The van der Waals surface area contributed by atoms with Gasteiger partial charge in [0.2, 0.25) is 0 Å². The van der Waals surface area contributed by atoms with E-state index in [4.69, 9.17) is 4.74 Å². The van der Waals surface area contributed by atoms with Crippen molar-refractivity contribution in [3.8, 4) is 5.75 Å². The Bertz CT molecular complexity index is 404. The van der Waals surface area contributed by atoms with Crippen LogP contribution in [0.1, 0.15) is 13.8 Å². The highest BCUT2D eigenvalue weighted by atomic mass is 19.1. The lowest BCUT2D eigenvalue weighted by atomic mass is 9.94. The summed E-state index contributed by atoms with van der Waals surface area (Å²) in [7, 11) is 1.47. The summed E-state index contributed by atoms with van der Waals surface area (Å²) < 4.78 is 18.5. The second-order valence-corrected chi connectivity index (χ2v) is 4.90. The van der Waals surface area contributed by atoms with Gasteiger partial charge in [-0.25, -0.2) is 4.39 Å². The maximum atomic E-state index is 13.5. The Balaban J connectivity index is 2.35. The van der Waals surface area contributed by atoms with Gasteiger partial charge in [-0.3, -0.25) is 0 Å². The topological polar surface area (TPSA) is 33.3 Å². The van der Waals surface area contributed by atoms with E-state index in [1.54, 1.807) is 6.07 Å². The first-order valence-electron chi connectivity index (χ1n) is 5.37. The summed E-state index contributed by atoms with van der Waals surface area (Å²) in [6.07, 6.45) is 0. The quantitative estimate of drug-likeness (QED) is 0.769. The van der Waals surface area contributed by atoms with Crippen LogP contribution in [-0.4, -0.2) is 20.2 Å². The van der Waals surface area contributed by atoms with Crippen molar-refractivity contribution in [2.45, 2.75) is 13.8 Å². The second kappa shape index (κ2) is 3.85. The second-order valence-electron chi connectivity index (χ2n) is 4.90. The largest absolute Gasteiger partial charge is 0.494 e. The van der Waals surface area contributed by atoms with Gasteiger partial charge in [-0.1, -0.05) is 13.8 Å². The van der Waals surface area contributed by atoms with Gasteiger partial charge in [-0.2, -0.15) is 0 Å². The van der Waals surface area contributed by atoms with Gasteiger partial charge < -0.3 is 15.4 Å². The summed E-state index contributed by atoms with van der Waals surface area (Å²) in [5.74, 6) is -0.0667. The van der Waals surface area contributed by atoms with Gasteiger partial charge in [0.05, 0.1) is 18.5 Å². The molecule has 0 aliphatic carbocycles. The minimum absolute atomic E-state index is 0.142. The fourth-order valence-electron chi connectivity index (χ4n) is 1.73. The van der Waals surface area contributed by atoms with Crippen LogP contribution in [0.4, 0.5) is 15.8 Å². The molecule has 0 radical (unpaired) electrons. The van der Waals surface area contributed by atoms with E-state index < -0.39 is 0 Å². The molecule has 2 rings (SSSR count). The fourth-order valence-corrected chi connectivity index (χ4v) is 1.73. The molecule has 0 atom stereocenters. The van der Waals surface area contributed by atoms with Crippen molar-refractivity contribution in [3.63, 3.8) is 0 Å². The number of ether oxygens (including phenoxy) is 1. The highest BCUT2D eigenvalue weighted by molar-refractivity contribution is 5.72. The van der Waals surface area contributed by atoms with E-state index in [2.05, 4.69) is 24.5 Å². The molecule has 1 aromatic carbocycles.